The molecule has 5 nitrogen and oxygen atoms in total. The van der Waals surface area contributed by atoms with E-state index < -0.39 is 5.91 Å². The molecule has 0 spiro atoms. The maximum absolute atomic E-state index is 11.5. The van der Waals surface area contributed by atoms with Gasteiger partial charge in [-0.25, -0.2) is 0 Å². The fourth-order valence-corrected chi connectivity index (χ4v) is 1.54. The fraction of sp³-hybridized carbons (Fsp3) is 0.167. The third kappa shape index (κ3) is 4.70. The number of hydrogen-bond donors (Lipinski definition) is 3. The van der Waals surface area contributed by atoms with Crippen LogP contribution in [0.5, 0.6) is 0 Å². The number of carbonyl (C=O) groups is 1. The number of amides is 1. The Kier molecular flexibility index (Phi) is 6.00. The van der Waals surface area contributed by atoms with Crippen LogP contribution >= 0.6 is 23.2 Å². The van der Waals surface area contributed by atoms with Gasteiger partial charge in [0.15, 0.2) is 0 Å². The van der Waals surface area contributed by atoms with Crippen LogP contribution in [0.4, 0.5) is 11.4 Å². The first-order valence-electron chi connectivity index (χ1n) is 5.34. The zero-order chi connectivity index (χ0) is 14.3. The van der Waals surface area contributed by atoms with Crippen molar-refractivity contribution in [3.63, 3.8) is 0 Å². The second kappa shape index (κ2) is 7.52. The van der Waals surface area contributed by atoms with E-state index in [9.17, 15) is 4.79 Å². The zero-order valence-electron chi connectivity index (χ0n) is 9.91. The van der Waals surface area contributed by atoms with Crippen LogP contribution < -0.4 is 16.4 Å². The average Bonchev–Trinajstić information content (AvgIpc) is 2.39. The summed E-state index contributed by atoms with van der Waals surface area (Å²) in [4.78, 5) is 11.5. The Balaban J connectivity index is 2.77. The summed E-state index contributed by atoms with van der Waals surface area (Å²) in [5.74, 6) is -0.219. The molecule has 4 N–H and O–H groups in total. The van der Waals surface area contributed by atoms with E-state index in [1.54, 1.807) is 24.3 Å². The second-order valence-corrected chi connectivity index (χ2v) is 4.28. The van der Waals surface area contributed by atoms with Gasteiger partial charge in [0, 0.05) is 24.3 Å². The molecular weight excluding hydrogens is 287 g/mol. The smallest absolute Gasteiger partial charge is 0.263 e. The van der Waals surface area contributed by atoms with Gasteiger partial charge in [-0.15, -0.1) is 11.6 Å². The molecule has 100 valence electrons. The third-order valence-corrected chi connectivity index (χ3v) is 2.61. The van der Waals surface area contributed by atoms with Gasteiger partial charge in [0.2, 0.25) is 0 Å². The number of hydrogen-bond acceptors (Lipinski definition) is 4. The Morgan fingerprint density at radius 3 is 2.84 bits per heavy atom. The van der Waals surface area contributed by atoms with E-state index in [-0.39, 0.29) is 11.5 Å². The molecule has 1 rings (SSSR count). The average molecular weight is 299 g/mol. The predicted molar refractivity (Wildman–Crippen MR) is 76.9 cm³/mol. The first kappa shape index (κ1) is 15.2. The first-order chi connectivity index (χ1) is 9.08. The summed E-state index contributed by atoms with van der Waals surface area (Å²) in [6.07, 6.45) is 1.28. The highest BCUT2D eigenvalue weighted by atomic mass is 35.5. The molecule has 0 aliphatic rings. The van der Waals surface area contributed by atoms with Gasteiger partial charge in [-0.3, -0.25) is 4.79 Å². The van der Waals surface area contributed by atoms with Crippen molar-refractivity contribution in [2.75, 3.05) is 23.5 Å². The van der Waals surface area contributed by atoms with Crippen LogP contribution in [0, 0.1) is 11.3 Å². The number of carbonyl (C=O) groups excluding carboxylic acids is 1. The third-order valence-electron chi connectivity index (χ3n) is 2.11. The van der Waals surface area contributed by atoms with Crippen LogP contribution in [0.3, 0.4) is 0 Å². The summed E-state index contributed by atoms with van der Waals surface area (Å²) in [6.45, 7) is 0.294. The van der Waals surface area contributed by atoms with Crippen molar-refractivity contribution in [3.05, 3.63) is 35.0 Å². The van der Waals surface area contributed by atoms with E-state index in [1.165, 1.54) is 6.20 Å². The van der Waals surface area contributed by atoms with Gasteiger partial charge in [0.1, 0.15) is 11.6 Å². The van der Waals surface area contributed by atoms with Crippen molar-refractivity contribution >= 4 is 40.5 Å². The molecule has 0 radical (unpaired) electrons. The lowest BCUT2D eigenvalue weighted by Crippen LogP contribution is -2.26. The quantitative estimate of drug-likeness (QED) is 0.336. The molecule has 0 aromatic heterocycles. The number of nitrogens with one attached hydrogen (secondary N) is 2. The highest BCUT2D eigenvalue weighted by Gasteiger charge is 2.08. The summed E-state index contributed by atoms with van der Waals surface area (Å²) in [6, 6.07) is 6.66. The van der Waals surface area contributed by atoms with Crippen LogP contribution in [-0.4, -0.2) is 18.3 Å². The molecule has 1 aromatic carbocycles. The molecule has 0 heterocycles. The first-order valence-corrected chi connectivity index (χ1v) is 6.25. The van der Waals surface area contributed by atoms with E-state index in [2.05, 4.69) is 10.6 Å². The highest BCUT2D eigenvalue weighted by molar-refractivity contribution is 6.33. The number of halogens is 2. The summed E-state index contributed by atoms with van der Waals surface area (Å²) in [5, 5.41) is 14.6. The second-order valence-electron chi connectivity index (χ2n) is 3.50. The summed E-state index contributed by atoms with van der Waals surface area (Å²) in [5.41, 5.74) is 6.56. The molecule has 0 fully saturated rings. The van der Waals surface area contributed by atoms with E-state index in [1.807, 2.05) is 0 Å². The van der Waals surface area contributed by atoms with Crippen LogP contribution in [0.25, 0.3) is 0 Å². The molecule has 7 heteroatoms. The van der Waals surface area contributed by atoms with Crippen molar-refractivity contribution in [1.82, 2.24) is 5.32 Å². The number of alkyl halides is 1. The molecular formula is C12H12Cl2N4O. The van der Waals surface area contributed by atoms with Crippen molar-refractivity contribution in [1.29, 1.82) is 5.26 Å². The Morgan fingerprint density at radius 1 is 1.53 bits per heavy atom. The molecule has 0 unspecified atom stereocenters. The Morgan fingerprint density at radius 2 is 2.26 bits per heavy atom. The van der Waals surface area contributed by atoms with Gasteiger partial charge < -0.3 is 16.4 Å². The lowest BCUT2D eigenvalue weighted by molar-refractivity contribution is -0.117. The van der Waals surface area contributed by atoms with Gasteiger partial charge in [0.25, 0.3) is 5.91 Å². The summed E-state index contributed by atoms with van der Waals surface area (Å²) < 4.78 is 0. The number of nitrogen functional groups attached to an aromatic ring is 1. The molecule has 0 atom stereocenters. The minimum Gasteiger partial charge on any atom is -0.399 e. The van der Waals surface area contributed by atoms with Crippen molar-refractivity contribution < 1.29 is 4.79 Å². The molecule has 1 amide bonds. The summed E-state index contributed by atoms with van der Waals surface area (Å²) in [7, 11) is 0. The van der Waals surface area contributed by atoms with Crippen molar-refractivity contribution in [2.45, 2.75) is 0 Å². The Labute approximate surface area is 121 Å². The predicted octanol–water partition coefficient (Wildman–Crippen LogP) is 2.10. The normalized spacial score (nSPS) is 10.7. The minimum atomic E-state index is -0.498. The maximum Gasteiger partial charge on any atom is 0.263 e. The molecule has 0 aliphatic carbocycles. The van der Waals surface area contributed by atoms with Gasteiger partial charge in [-0.1, -0.05) is 11.6 Å². The monoisotopic (exact) mass is 298 g/mol. The zero-order valence-corrected chi connectivity index (χ0v) is 11.4. The Hall–Kier alpha value is -1.90. The molecule has 0 saturated heterocycles. The SMILES string of the molecule is N#C/C(=C/Nc1ccc(N)cc1Cl)C(=O)NCCCl. The van der Waals surface area contributed by atoms with Crippen LogP contribution in [0.15, 0.2) is 30.0 Å². The number of nitrogens with two attached hydrogens (primary N) is 1. The Bertz CT molecular complexity index is 537. The molecule has 0 aliphatic heterocycles. The van der Waals surface area contributed by atoms with Crippen LogP contribution in [-0.2, 0) is 4.79 Å². The van der Waals surface area contributed by atoms with Crippen molar-refractivity contribution in [3.8, 4) is 6.07 Å². The summed E-state index contributed by atoms with van der Waals surface area (Å²) >= 11 is 11.4. The largest absolute Gasteiger partial charge is 0.399 e. The van der Waals surface area contributed by atoms with Gasteiger partial charge in [0.05, 0.1) is 10.7 Å². The standard InChI is InChI=1S/C12H12Cl2N4O/c13-3-4-17-12(19)8(6-15)7-18-11-2-1-9(16)5-10(11)14/h1-2,5,7,18H,3-4,16H2,(H,17,19)/b8-7-. The van der Waals surface area contributed by atoms with Crippen molar-refractivity contribution in [2.24, 2.45) is 0 Å². The van der Waals surface area contributed by atoms with E-state index in [0.29, 0.717) is 22.9 Å². The highest BCUT2D eigenvalue weighted by Crippen LogP contribution is 2.24. The fourth-order valence-electron chi connectivity index (χ4n) is 1.20. The van der Waals surface area contributed by atoms with Crippen LogP contribution in [0.1, 0.15) is 0 Å². The molecule has 1 aromatic rings. The number of nitrogens with zero attached hydrogens (tertiary/aromatic N) is 1. The van der Waals surface area contributed by atoms with Crippen LogP contribution in [0.2, 0.25) is 5.02 Å². The molecule has 0 bridgehead atoms. The lowest BCUT2D eigenvalue weighted by Gasteiger charge is -2.06. The van der Waals surface area contributed by atoms with Gasteiger partial charge >= 0.3 is 0 Å². The topological polar surface area (TPSA) is 90.9 Å². The molecule has 19 heavy (non-hydrogen) atoms. The van der Waals surface area contributed by atoms with Gasteiger partial charge in [-0.05, 0) is 18.2 Å². The number of nitriles is 1. The van der Waals surface area contributed by atoms with Gasteiger partial charge in [-0.2, -0.15) is 5.26 Å². The number of anilines is 2. The van der Waals surface area contributed by atoms with E-state index in [0.717, 1.165) is 0 Å². The molecule has 0 saturated carbocycles. The van der Waals surface area contributed by atoms with E-state index in [4.69, 9.17) is 34.2 Å². The minimum absolute atomic E-state index is 0.0713. The number of rotatable bonds is 5. The maximum atomic E-state index is 11.5. The van der Waals surface area contributed by atoms with E-state index >= 15 is 0 Å². The number of benzene rings is 1. The lowest BCUT2D eigenvalue weighted by atomic mass is 10.2.